The largest absolute Gasteiger partial charge is 0.467 e. The van der Waals surface area contributed by atoms with Crippen LogP contribution in [0.3, 0.4) is 0 Å². The molecule has 7 nitrogen and oxygen atoms in total. The molecule has 134 valence electrons. The quantitative estimate of drug-likeness (QED) is 0.759. The molecule has 3 aromatic rings. The van der Waals surface area contributed by atoms with Crippen molar-refractivity contribution >= 4 is 11.6 Å². The third-order valence-electron chi connectivity index (χ3n) is 4.47. The minimum absolute atomic E-state index is 0.0633. The summed E-state index contributed by atoms with van der Waals surface area (Å²) in [5.74, 6) is 0.571. The summed E-state index contributed by atoms with van der Waals surface area (Å²) in [6, 6.07) is 11.6. The van der Waals surface area contributed by atoms with E-state index in [0.29, 0.717) is 11.6 Å². The van der Waals surface area contributed by atoms with Gasteiger partial charge in [-0.15, -0.1) is 0 Å². The van der Waals surface area contributed by atoms with Gasteiger partial charge in [0.1, 0.15) is 5.76 Å². The third-order valence-corrected chi connectivity index (χ3v) is 4.47. The first kappa shape index (κ1) is 16.4. The fraction of sp³-hybridized carbons (Fsp3) is 0.316. The molecule has 4 rings (SSSR count). The van der Waals surface area contributed by atoms with Crippen molar-refractivity contribution in [1.29, 1.82) is 0 Å². The molecule has 1 aromatic carbocycles. The molecule has 0 radical (unpaired) electrons. The van der Waals surface area contributed by atoms with Gasteiger partial charge in [0.2, 0.25) is 5.82 Å². The Hall–Kier alpha value is -3.09. The molecule has 1 fully saturated rings. The van der Waals surface area contributed by atoms with E-state index in [1.165, 1.54) is 24.9 Å². The highest BCUT2D eigenvalue weighted by atomic mass is 16.5. The van der Waals surface area contributed by atoms with Crippen LogP contribution < -0.4 is 10.2 Å². The number of hydrogen-bond acceptors (Lipinski definition) is 6. The Morgan fingerprint density at radius 3 is 2.65 bits per heavy atom. The molecule has 0 atom stereocenters. The highest BCUT2D eigenvalue weighted by Crippen LogP contribution is 2.23. The number of anilines is 1. The SMILES string of the molecule is O=C(NCc1ccco1)c1nc(-c2ccc(N3CCCCC3)cc2)no1. The van der Waals surface area contributed by atoms with Crippen molar-refractivity contribution in [3.63, 3.8) is 0 Å². The maximum Gasteiger partial charge on any atom is 0.316 e. The molecule has 0 saturated carbocycles. The van der Waals surface area contributed by atoms with Gasteiger partial charge >= 0.3 is 11.8 Å². The average Bonchev–Trinajstić information content (AvgIpc) is 3.39. The summed E-state index contributed by atoms with van der Waals surface area (Å²) >= 11 is 0. The van der Waals surface area contributed by atoms with E-state index < -0.39 is 5.91 Å². The maximum atomic E-state index is 12.1. The molecule has 0 aliphatic carbocycles. The Morgan fingerprint density at radius 1 is 1.12 bits per heavy atom. The molecule has 26 heavy (non-hydrogen) atoms. The fourth-order valence-corrected chi connectivity index (χ4v) is 3.06. The first-order chi connectivity index (χ1) is 12.8. The number of carbonyl (C=O) groups excluding carboxylic acids is 1. The van der Waals surface area contributed by atoms with Gasteiger partial charge in [-0.05, 0) is 55.7 Å². The maximum absolute atomic E-state index is 12.1. The zero-order valence-electron chi connectivity index (χ0n) is 14.4. The molecule has 1 aliphatic heterocycles. The minimum atomic E-state index is -0.426. The van der Waals surface area contributed by atoms with Crippen LogP contribution >= 0.6 is 0 Å². The Balaban J connectivity index is 1.41. The number of nitrogens with one attached hydrogen (secondary N) is 1. The van der Waals surface area contributed by atoms with E-state index >= 15 is 0 Å². The lowest BCUT2D eigenvalue weighted by Gasteiger charge is -2.28. The molecule has 0 unspecified atom stereocenters. The van der Waals surface area contributed by atoms with E-state index in [1.54, 1.807) is 18.4 Å². The Bertz CT molecular complexity index is 849. The van der Waals surface area contributed by atoms with Crippen LogP contribution in [-0.2, 0) is 6.54 Å². The first-order valence-corrected chi connectivity index (χ1v) is 8.79. The summed E-state index contributed by atoms with van der Waals surface area (Å²) in [5.41, 5.74) is 2.02. The molecular formula is C19H20N4O3. The number of carbonyl (C=O) groups is 1. The van der Waals surface area contributed by atoms with Crippen LogP contribution in [0.1, 0.15) is 35.7 Å². The normalized spacial score (nSPS) is 14.4. The van der Waals surface area contributed by atoms with Gasteiger partial charge in [0.25, 0.3) is 0 Å². The fourth-order valence-electron chi connectivity index (χ4n) is 3.06. The van der Waals surface area contributed by atoms with E-state index in [-0.39, 0.29) is 12.4 Å². The van der Waals surface area contributed by atoms with E-state index in [4.69, 9.17) is 8.94 Å². The highest BCUT2D eigenvalue weighted by molar-refractivity contribution is 5.89. The number of aromatic nitrogens is 2. The molecule has 3 heterocycles. The van der Waals surface area contributed by atoms with Gasteiger partial charge in [-0.2, -0.15) is 4.98 Å². The molecule has 2 aromatic heterocycles. The summed E-state index contributed by atoms with van der Waals surface area (Å²) in [7, 11) is 0. The number of benzene rings is 1. The number of hydrogen-bond donors (Lipinski definition) is 1. The van der Waals surface area contributed by atoms with Crippen molar-refractivity contribution in [3.05, 3.63) is 54.3 Å². The van der Waals surface area contributed by atoms with Crippen LogP contribution in [0, 0.1) is 0 Å². The van der Waals surface area contributed by atoms with Crippen LogP contribution in [-0.4, -0.2) is 29.1 Å². The molecule has 0 bridgehead atoms. The zero-order valence-corrected chi connectivity index (χ0v) is 14.4. The Kier molecular flexibility index (Phi) is 4.68. The monoisotopic (exact) mass is 352 g/mol. The van der Waals surface area contributed by atoms with E-state index in [1.807, 2.05) is 12.1 Å². The lowest BCUT2D eigenvalue weighted by Crippen LogP contribution is -2.29. The van der Waals surface area contributed by atoms with Gasteiger partial charge < -0.3 is 19.2 Å². The predicted molar refractivity (Wildman–Crippen MR) is 95.7 cm³/mol. The standard InChI is InChI=1S/C19H20N4O3/c24-18(20-13-16-5-4-12-25-16)19-21-17(22-26-19)14-6-8-15(9-7-14)23-10-2-1-3-11-23/h4-9,12H,1-3,10-11,13H2,(H,20,24). The van der Waals surface area contributed by atoms with Crippen molar-refractivity contribution in [2.75, 3.05) is 18.0 Å². The number of rotatable bonds is 5. The molecule has 1 amide bonds. The molecule has 1 saturated heterocycles. The lowest BCUT2D eigenvalue weighted by molar-refractivity contribution is 0.0904. The summed E-state index contributed by atoms with van der Waals surface area (Å²) in [6.45, 7) is 2.47. The van der Waals surface area contributed by atoms with E-state index in [0.717, 1.165) is 18.7 Å². The van der Waals surface area contributed by atoms with Gasteiger partial charge in [-0.1, -0.05) is 5.16 Å². The zero-order chi connectivity index (χ0) is 17.8. The second-order valence-corrected chi connectivity index (χ2v) is 6.28. The minimum Gasteiger partial charge on any atom is -0.467 e. The first-order valence-electron chi connectivity index (χ1n) is 8.79. The average molecular weight is 352 g/mol. The Labute approximate surface area is 151 Å². The summed E-state index contributed by atoms with van der Waals surface area (Å²) in [5, 5.41) is 6.59. The summed E-state index contributed by atoms with van der Waals surface area (Å²) < 4.78 is 10.3. The molecular weight excluding hydrogens is 332 g/mol. The number of amides is 1. The van der Waals surface area contributed by atoms with E-state index in [9.17, 15) is 4.79 Å². The third kappa shape index (κ3) is 3.61. The van der Waals surface area contributed by atoms with Crippen molar-refractivity contribution in [2.24, 2.45) is 0 Å². The second kappa shape index (κ2) is 7.43. The predicted octanol–water partition coefficient (Wildman–Crippen LogP) is 3.25. The summed E-state index contributed by atoms with van der Waals surface area (Å²) in [6.07, 6.45) is 5.34. The van der Waals surface area contributed by atoms with Crippen molar-refractivity contribution < 1.29 is 13.7 Å². The second-order valence-electron chi connectivity index (χ2n) is 6.28. The van der Waals surface area contributed by atoms with Gasteiger partial charge in [0.05, 0.1) is 12.8 Å². The molecule has 1 N–H and O–H groups in total. The van der Waals surface area contributed by atoms with Gasteiger partial charge in [0.15, 0.2) is 0 Å². The highest BCUT2D eigenvalue weighted by Gasteiger charge is 2.17. The van der Waals surface area contributed by atoms with Crippen LogP contribution in [0.15, 0.2) is 51.6 Å². The van der Waals surface area contributed by atoms with E-state index in [2.05, 4.69) is 32.5 Å². The van der Waals surface area contributed by atoms with Gasteiger partial charge in [-0.25, -0.2) is 0 Å². The Morgan fingerprint density at radius 2 is 1.92 bits per heavy atom. The number of piperidine rings is 1. The topological polar surface area (TPSA) is 84.4 Å². The smallest absolute Gasteiger partial charge is 0.316 e. The molecule has 0 spiro atoms. The van der Waals surface area contributed by atoms with Crippen molar-refractivity contribution in [2.45, 2.75) is 25.8 Å². The summed E-state index contributed by atoms with van der Waals surface area (Å²) in [4.78, 5) is 18.7. The lowest BCUT2D eigenvalue weighted by atomic mass is 10.1. The number of nitrogens with zero attached hydrogens (tertiary/aromatic N) is 3. The molecule has 1 aliphatic rings. The van der Waals surface area contributed by atoms with Crippen LogP contribution in [0.5, 0.6) is 0 Å². The van der Waals surface area contributed by atoms with Crippen molar-refractivity contribution in [1.82, 2.24) is 15.5 Å². The van der Waals surface area contributed by atoms with Crippen LogP contribution in [0.25, 0.3) is 11.4 Å². The van der Waals surface area contributed by atoms with Gasteiger partial charge in [0, 0.05) is 24.3 Å². The number of furan rings is 1. The van der Waals surface area contributed by atoms with Crippen LogP contribution in [0.2, 0.25) is 0 Å². The molecule has 7 heteroatoms. The van der Waals surface area contributed by atoms with Crippen molar-refractivity contribution in [3.8, 4) is 11.4 Å². The van der Waals surface area contributed by atoms with Crippen LogP contribution in [0.4, 0.5) is 5.69 Å². The van der Waals surface area contributed by atoms with Gasteiger partial charge in [-0.3, -0.25) is 4.79 Å².